The second-order valence-electron chi connectivity index (χ2n) is 3.99. The Morgan fingerprint density at radius 1 is 1.06 bits per heavy atom. The van der Waals surface area contributed by atoms with E-state index in [1.807, 2.05) is 43.1 Å². The molecule has 0 heterocycles. The molecule has 0 unspecified atom stereocenters. The Hall–Kier alpha value is -1.35. The fourth-order valence-corrected chi connectivity index (χ4v) is 2.00. The van der Waals surface area contributed by atoms with E-state index >= 15 is 0 Å². The van der Waals surface area contributed by atoms with Crippen molar-refractivity contribution >= 4 is 27.3 Å². The van der Waals surface area contributed by atoms with Gasteiger partial charge in [-0.1, -0.05) is 33.6 Å². The Balaban J connectivity index is 2.39. The van der Waals surface area contributed by atoms with Gasteiger partial charge in [0.2, 0.25) is 0 Å². The summed E-state index contributed by atoms with van der Waals surface area (Å²) in [6, 6.07) is 12.9. The predicted molar refractivity (Wildman–Crippen MR) is 73.3 cm³/mol. The van der Waals surface area contributed by atoms with Crippen molar-refractivity contribution in [3.8, 4) is 0 Å². The lowest BCUT2D eigenvalue weighted by Crippen LogP contribution is -2.11. The summed E-state index contributed by atoms with van der Waals surface area (Å²) in [5.74, 6) is -0.226. The molecule has 0 aliphatic rings. The maximum Gasteiger partial charge on any atom is 0.146 e. The summed E-state index contributed by atoms with van der Waals surface area (Å²) in [5, 5.41) is 0. The van der Waals surface area contributed by atoms with Gasteiger partial charge in [-0.25, -0.2) is 4.39 Å². The van der Waals surface area contributed by atoms with Crippen molar-refractivity contribution < 1.29 is 4.39 Å². The molecule has 0 radical (unpaired) electrons. The number of halogens is 2. The van der Waals surface area contributed by atoms with Gasteiger partial charge < -0.3 is 4.90 Å². The van der Waals surface area contributed by atoms with Crippen molar-refractivity contribution in [3.05, 3.63) is 58.3 Å². The molecule has 0 saturated carbocycles. The van der Waals surface area contributed by atoms with Crippen molar-refractivity contribution in [2.75, 3.05) is 11.9 Å². The maximum absolute atomic E-state index is 13.7. The molecule has 0 aromatic heterocycles. The van der Waals surface area contributed by atoms with Crippen LogP contribution in [0.5, 0.6) is 0 Å². The second kappa shape index (κ2) is 4.88. The molecule has 0 fully saturated rings. The Morgan fingerprint density at radius 3 is 2.35 bits per heavy atom. The number of hydrogen-bond acceptors (Lipinski definition) is 1. The zero-order chi connectivity index (χ0) is 12.4. The molecular formula is C14H13BrFN. The van der Waals surface area contributed by atoms with Gasteiger partial charge in [-0.3, -0.25) is 0 Å². The standard InChI is InChI=1S/C14H13BrFN/c1-10-3-6-12(7-4-10)17(2)14-9-11(15)5-8-13(14)16/h3-9H,1-2H3. The smallest absolute Gasteiger partial charge is 0.146 e. The second-order valence-corrected chi connectivity index (χ2v) is 4.91. The van der Waals surface area contributed by atoms with Crippen molar-refractivity contribution in [3.63, 3.8) is 0 Å². The zero-order valence-corrected chi connectivity index (χ0v) is 11.3. The highest BCUT2D eigenvalue weighted by atomic mass is 79.9. The van der Waals surface area contributed by atoms with Crippen LogP contribution >= 0.6 is 15.9 Å². The van der Waals surface area contributed by atoms with E-state index < -0.39 is 0 Å². The van der Waals surface area contributed by atoms with Crippen LogP contribution in [0.25, 0.3) is 0 Å². The highest BCUT2D eigenvalue weighted by molar-refractivity contribution is 9.10. The van der Waals surface area contributed by atoms with Gasteiger partial charge in [-0.05, 0) is 37.3 Å². The summed E-state index contributed by atoms with van der Waals surface area (Å²) in [4.78, 5) is 1.83. The Kier molecular flexibility index (Phi) is 3.48. The molecule has 2 aromatic carbocycles. The number of benzene rings is 2. The monoisotopic (exact) mass is 293 g/mol. The van der Waals surface area contributed by atoms with Crippen LogP contribution in [-0.4, -0.2) is 7.05 Å². The molecule has 0 N–H and O–H groups in total. The third-order valence-corrected chi connectivity index (χ3v) is 3.18. The molecule has 2 rings (SSSR count). The summed E-state index contributed by atoms with van der Waals surface area (Å²) in [6.45, 7) is 2.03. The molecule has 0 saturated heterocycles. The average Bonchev–Trinajstić information content (AvgIpc) is 2.32. The molecule has 0 spiro atoms. The summed E-state index contributed by atoms with van der Waals surface area (Å²) in [6.07, 6.45) is 0. The molecule has 0 bridgehead atoms. The lowest BCUT2D eigenvalue weighted by atomic mass is 10.2. The molecule has 2 aromatic rings. The quantitative estimate of drug-likeness (QED) is 0.778. The van der Waals surface area contributed by atoms with Crippen LogP contribution in [0, 0.1) is 12.7 Å². The maximum atomic E-state index is 13.7. The molecule has 0 atom stereocenters. The first-order valence-corrected chi connectivity index (χ1v) is 6.12. The van der Waals surface area contributed by atoms with Crippen LogP contribution < -0.4 is 4.90 Å². The minimum Gasteiger partial charge on any atom is -0.342 e. The van der Waals surface area contributed by atoms with Crippen molar-refractivity contribution in [1.82, 2.24) is 0 Å². The van der Waals surface area contributed by atoms with Gasteiger partial charge >= 0.3 is 0 Å². The molecule has 3 heteroatoms. The normalized spacial score (nSPS) is 10.4. The molecule has 0 amide bonds. The van der Waals surface area contributed by atoms with E-state index in [9.17, 15) is 4.39 Å². The molecule has 17 heavy (non-hydrogen) atoms. The largest absolute Gasteiger partial charge is 0.342 e. The number of hydrogen-bond donors (Lipinski definition) is 0. The average molecular weight is 294 g/mol. The third kappa shape index (κ3) is 2.67. The number of rotatable bonds is 2. The number of aryl methyl sites for hydroxylation is 1. The first-order chi connectivity index (χ1) is 8.08. The fraction of sp³-hybridized carbons (Fsp3) is 0.143. The van der Waals surface area contributed by atoms with Crippen molar-refractivity contribution in [1.29, 1.82) is 0 Å². The Morgan fingerprint density at radius 2 is 1.71 bits per heavy atom. The summed E-state index contributed by atoms with van der Waals surface area (Å²) in [7, 11) is 1.86. The molecule has 0 aliphatic heterocycles. The van der Waals surface area contributed by atoms with E-state index in [1.165, 1.54) is 11.6 Å². The topological polar surface area (TPSA) is 3.24 Å². The highest BCUT2D eigenvalue weighted by Crippen LogP contribution is 2.28. The van der Waals surface area contributed by atoms with E-state index in [-0.39, 0.29) is 5.82 Å². The van der Waals surface area contributed by atoms with E-state index in [0.717, 1.165) is 10.2 Å². The SMILES string of the molecule is Cc1ccc(N(C)c2cc(Br)ccc2F)cc1. The van der Waals surface area contributed by atoms with Gasteiger partial charge in [-0.2, -0.15) is 0 Å². The number of anilines is 2. The summed E-state index contributed by atoms with van der Waals surface area (Å²) >= 11 is 3.36. The molecule has 0 aliphatic carbocycles. The molecule has 88 valence electrons. The van der Waals surface area contributed by atoms with Gasteiger partial charge in [0, 0.05) is 17.2 Å². The van der Waals surface area contributed by atoms with Gasteiger partial charge in [-0.15, -0.1) is 0 Å². The Labute approximate surface area is 109 Å². The van der Waals surface area contributed by atoms with Gasteiger partial charge in [0.05, 0.1) is 5.69 Å². The lowest BCUT2D eigenvalue weighted by Gasteiger charge is -2.20. The van der Waals surface area contributed by atoms with Gasteiger partial charge in [0.25, 0.3) is 0 Å². The molecule has 1 nitrogen and oxygen atoms in total. The fourth-order valence-electron chi connectivity index (χ4n) is 1.65. The minimum absolute atomic E-state index is 0.226. The highest BCUT2D eigenvalue weighted by Gasteiger charge is 2.09. The van der Waals surface area contributed by atoms with Gasteiger partial charge in [0.15, 0.2) is 0 Å². The van der Waals surface area contributed by atoms with Crippen LogP contribution in [0.15, 0.2) is 46.9 Å². The van der Waals surface area contributed by atoms with E-state index in [4.69, 9.17) is 0 Å². The third-order valence-electron chi connectivity index (χ3n) is 2.69. The van der Waals surface area contributed by atoms with Crippen LogP contribution in [0.1, 0.15) is 5.56 Å². The minimum atomic E-state index is -0.226. The lowest BCUT2D eigenvalue weighted by molar-refractivity contribution is 0.627. The van der Waals surface area contributed by atoms with Crippen molar-refractivity contribution in [2.45, 2.75) is 6.92 Å². The van der Waals surface area contributed by atoms with Crippen LogP contribution in [0.2, 0.25) is 0 Å². The van der Waals surface area contributed by atoms with E-state index in [0.29, 0.717) is 5.69 Å². The van der Waals surface area contributed by atoms with Crippen LogP contribution in [-0.2, 0) is 0 Å². The Bertz CT molecular complexity index is 522. The van der Waals surface area contributed by atoms with Gasteiger partial charge in [0.1, 0.15) is 5.82 Å². The van der Waals surface area contributed by atoms with E-state index in [1.54, 1.807) is 12.1 Å². The van der Waals surface area contributed by atoms with Crippen LogP contribution in [0.4, 0.5) is 15.8 Å². The molecular weight excluding hydrogens is 281 g/mol. The first kappa shape index (κ1) is 12.1. The first-order valence-electron chi connectivity index (χ1n) is 5.33. The number of nitrogens with zero attached hydrogens (tertiary/aromatic N) is 1. The zero-order valence-electron chi connectivity index (χ0n) is 9.74. The van der Waals surface area contributed by atoms with Crippen molar-refractivity contribution in [2.24, 2.45) is 0 Å². The summed E-state index contributed by atoms with van der Waals surface area (Å²) in [5.41, 5.74) is 2.72. The van der Waals surface area contributed by atoms with E-state index in [2.05, 4.69) is 15.9 Å². The van der Waals surface area contributed by atoms with Crippen LogP contribution in [0.3, 0.4) is 0 Å². The predicted octanol–water partition coefficient (Wildman–Crippen LogP) is 4.66. The summed E-state index contributed by atoms with van der Waals surface area (Å²) < 4.78 is 14.6.